The Morgan fingerprint density at radius 2 is 2.12 bits per heavy atom. The number of ether oxygens (including phenoxy) is 1. The molecule has 0 radical (unpaired) electrons. The van der Waals surface area contributed by atoms with Crippen molar-refractivity contribution in [2.45, 2.75) is 32.6 Å². The minimum Gasteiger partial charge on any atom is -0.372 e. The van der Waals surface area contributed by atoms with Gasteiger partial charge in [0.25, 0.3) is 0 Å². The minimum atomic E-state index is 0.259. The van der Waals surface area contributed by atoms with Crippen LogP contribution in [0, 0.1) is 0 Å². The molecule has 1 aromatic rings. The Hall–Kier alpha value is -1.13. The van der Waals surface area contributed by atoms with Crippen LogP contribution in [0.25, 0.3) is 0 Å². The van der Waals surface area contributed by atoms with Gasteiger partial charge in [-0.05, 0) is 25.5 Å². The average Bonchev–Trinajstić information content (AvgIpc) is 2.27. The van der Waals surface area contributed by atoms with Gasteiger partial charge in [-0.2, -0.15) is 0 Å². The van der Waals surface area contributed by atoms with Crippen LogP contribution in [0.3, 0.4) is 0 Å². The maximum atomic E-state index is 5.74. The van der Waals surface area contributed by atoms with Crippen LogP contribution >= 0.6 is 0 Å². The highest BCUT2D eigenvalue weighted by Gasteiger charge is 2.23. The molecule has 88 valence electrons. The first-order valence-electron chi connectivity index (χ1n) is 5.74. The molecule has 1 fully saturated rings. The Morgan fingerprint density at radius 3 is 2.75 bits per heavy atom. The Balaban J connectivity index is 2.22. The van der Waals surface area contributed by atoms with Gasteiger partial charge < -0.3 is 15.4 Å². The van der Waals surface area contributed by atoms with Crippen LogP contribution in [0.15, 0.2) is 18.5 Å². The number of nitrogens with two attached hydrogens (primary N) is 1. The standard InChI is InChI=1S/C12H19N3O/c1-9-7-15(8-10(2)16-9)12-6-14-4-3-11(12)5-13/h3-4,6,9-10H,5,7-8,13H2,1-2H3. The first kappa shape index (κ1) is 11.4. The number of anilines is 1. The molecule has 1 aliphatic rings. The number of aromatic nitrogens is 1. The Kier molecular flexibility index (Phi) is 3.41. The second kappa shape index (κ2) is 4.80. The lowest BCUT2D eigenvalue weighted by molar-refractivity contribution is -0.00527. The summed E-state index contributed by atoms with van der Waals surface area (Å²) in [5.74, 6) is 0. The third kappa shape index (κ3) is 2.33. The quantitative estimate of drug-likeness (QED) is 0.814. The molecular formula is C12H19N3O. The summed E-state index contributed by atoms with van der Waals surface area (Å²) in [6.45, 7) is 6.56. The van der Waals surface area contributed by atoms with E-state index in [0.717, 1.165) is 24.3 Å². The van der Waals surface area contributed by atoms with Gasteiger partial charge in [-0.1, -0.05) is 0 Å². The van der Waals surface area contributed by atoms with Gasteiger partial charge in [-0.25, -0.2) is 0 Å². The van der Waals surface area contributed by atoms with Crippen molar-refractivity contribution in [3.63, 3.8) is 0 Å². The van der Waals surface area contributed by atoms with Crippen LogP contribution in [-0.4, -0.2) is 30.3 Å². The molecule has 2 atom stereocenters. The van der Waals surface area contributed by atoms with Gasteiger partial charge in [0.2, 0.25) is 0 Å². The predicted molar refractivity (Wildman–Crippen MR) is 64.4 cm³/mol. The van der Waals surface area contributed by atoms with Gasteiger partial charge in [-0.3, -0.25) is 4.98 Å². The van der Waals surface area contributed by atoms with E-state index in [2.05, 4.69) is 23.7 Å². The summed E-state index contributed by atoms with van der Waals surface area (Å²) in [5, 5.41) is 0. The fraction of sp³-hybridized carbons (Fsp3) is 0.583. The fourth-order valence-corrected chi connectivity index (χ4v) is 2.25. The highest BCUT2D eigenvalue weighted by molar-refractivity contribution is 5.52. The summed E-state index contributed by atoms with van der Waals surface area (Å²) in [5.41, 5.74) is 8.04. The number of morpholine rings is 1. The van der Waals surface area contributed by atoms with E-state index in [1.54, 1.807) is 6.20 Å². The summed E-state index contributed by atoms with van der Waals surface area (Å²) in [6, 6.07) is 1.99. The van der Waals surface area contributed by atoms with Crippen molar-refractivity contribution >= 4 is 5.69 Å². The first-order valence-corrected chi connectivity index (χ1v) is 5.74. The third-order valence-electron chi connectivity index (χ3n) is 2.87. The second-order valence-electron chi connectivity index (χ2n) is 4.37. The van der Waals surface area contributed by atoms with E-state index in [0.29, 0.717) is 6.54 Å². The molecule has 0 amide bonds. The molecule has 2 rings (SSSR count). The van der Waals surface area contributed by atoms with Crippen molar-refractivity contribution in [1.82, 2.24) is 4.98 Å². The Bertz CT molecular complexity index is 346. The maximum absolute atomic E-state index is 5.74. The summed E-state index contributed by atoms with van der Waals surface area (Å²) in [4.78, 5) is 6.49. The van der Waals surface area contributed by atoms with Crippen LogP contribution in [0.4, 0.5) is 5.69 Å². The SMILES string of the molecule is CC1CN(c2cnccc2CN)CC(C)O1. The van der Waals surface area contributed by atoms with Crippen molar-refractivity contribution in [2.75, 3.05) is 18.0 Å². The van der Waals surface area contributed by atoms with E-state index >= 15 is 0 Å². The van der Waals surface area contributed by atoms with Crippen molar-refractivity contribution < 1.29 is 4.74 Å². The zero-order valence-corrected chi connectivity index (χ0v) is 9.89. The fourth-order valence-electron chi connectivity index (χ4n) is 2.25. The van der Waals surface area contributed by atoms with Gasteiger partial charge >= 0.3 is 0 Å². The summed E-state index contributed by atoms with van der Waals surface area (Å²) in [6.07, 6.45) is 4.20. The summed E-state index contributed by atoms with van der Waals surface area (Å²) >= 11 is 0. The van der Waals surface area contributed by atoms with E-state index in [1.807, 2.05) is 12.3 Å². The molecule has 4 heteroatoms. The molecule has 0 saturated carbocycles. The molecule has 4 nitrogen and oxygen atoms in total. The van der Waals surface area contributed by atoms with Crippen LogP contribution in [-0.2, 0) is 11.3 Å². The number of hydrogen-bond acceptors (Lipinski definition) is 4. The molecule has 2 unspecified atom stereocenters. The largest absolute Gasteiger partial charge is 0.372 e. The number of pyridine rings is 1. The van der Waals surface area contributed by atoms with E-state index in [-0.39, 0.29) is 12.2 Å². The number of nitrogens with zero attached hydrogens (tertiary/aromatic N) is 2. The maximum Gasteiger partial charge on any atom is 0.0726 e. The monoisotopic (exact) mass is 221 g/mol. The summed E-state index contributed by atoms with van der Waals surface area (Å²) in [7, 11) is 0. The molecule has 1 aromatic heterocycles. The summed E-state index contributed by atoms with van der Waals surface area (Å²) < 4.78 is 5.72. The smallest absolute Gasteiger partial charge is 0.0726 e. The van der Waals surface area contributed by atoms with E-state index < -0.39 is 0 Å². The topological polar surface area (TPSA) is 51.4 Å². The zero-order chi connectivity index (χ0) is 11.5. The highest BCUT2D eigenvalue weighted by Crippen LogP contribution is 2.23. The minimum absolute atomic E-state index is 0.259. The van der Waals surface area contributed by atoms with Gasteiger partial charge in [0.15, 0.2) is 0 Å². The lowest BCUT2D eigenvalue weighted by atomic mass is 10.1. The second-order valence-corrected chi connectivity index (χ2v) is 4.37. The van der Waals surface area contributed by atoms with Crippen LogP contribution < -0.4 is 10.6 Å². The predicted octanol–water partition coefficient (Wildman–Crippen LogP) is 1.15. The molecular weight excluding hydrogens is 202 g/mol. The molecule has 0 spiro atoms. The van der Waals surface area contributed by atoms with Crippen molar-refractivity contribution in [2.24, 2.45) is 5.73 Å². The van der Waals surface area contributed by atoms with Gasteiger partial charge in [-0.15, -0.1) is 0 Å². The molecule has 16 heavy (non-hydrogen) atoms. The van der Waals surface area contributed by atoms with Crippen molar-refractivity contribution in [3.05, 3.63) is 24.0 Å². The van der Waals surface area contributed by atoms with Crippen LogP contribution in [0.1, 0.15) is 19.4 Å². The zero-order valence-electron chi connectivity index (χ0n) is 9.89. The Labute approximate surface area is 96.4 Å². The lowest BCUT2D eigenvalue weighted by Crippen LogP contribution is -2.46. The lowest BCUT2D eigenvalue weighted by Gasteiger charge is -2.37. The molecule has 0 bridgehead atoms. The molecule has 2 N–H and O–H groups in total. The Morgan fingerprint density at radius 1 is 1.44 bits per heavy atom. The van der Waals surface area contributed by atoms with Gasteiger partial charge in [0.05, 0.1) is 24.1 Å². The molecule has 1 aliphatic heterocycles. The number of hydrogen-bond donors (Lipinski definition) is 1. The molecule has 1 saturated heterocycles. The van der Waals surface area contributed by atoms with E-state index in [1.165, 1.54) is 0 Å². The normalized spacial score (nSPS) is 25.8. The first-order chi connectivity index (χ1) is 7.70. The highest BCUT2D eigenvalue weighted by atomic mass is 16.5. The van der Waals surface area contributed by atoms with Gasteiger partial charge in [0.1, 0.15) is 0 Å². The van der Waals surface area contributed by atoms with Crippen molar-refractivity contribution in [3.8, 4) is 0 Å². The van der Waals surface area contributed by atoms with Crippen molar-refractivity contribution in [1.29, 1.82) is 0 Å². The number of rotatable bonds is 2. The van der Waals surface area contributed by atoms with E-state index in [9.17, 15) is 0 Å². The molecule has 0 aromatic carbocycles. The van der Waals surface area contributed by atoms with Crippen LogP contribution in [0.5, 0.6) is 0 Å². The average molecular weight is 221 g/mol. The molecule has 0 aliphatic carbocycles. The van der Waals surface area contributed by atoms with Crippen LogP contribution in [0.2, 0.25) is 0 Å². The van der Waals surface area contributed by atoms with E-state index in [4.69, 9.17) is 10.5 Å². The van der Waals surface area contributed by atoms with Gasteiger partial charge in [0, 0.05) is 25.8 Å². The molecule has 2 heterocycles. The third-order valence-corrected chi connectivity index (χ3v) is 2.87.